The molecule has 5 nitrogen and oxygen atoms in total. The first kappa shape index (κ1) is 16.3. The van der Waals surface area contributed by atoms with Gasteiger partial charge in [-0.25, -0.2) is 4.79 Å². The number of nitrogens with zero attached hydrogens (tertiary/aromatic N) is 2. The van der Waals surface area contributed by atoms with Gasteiger partial charge in [0.2, 0.25) is 0 Å². The van der Waals surface area contributed by atoms with Crippen molar-refractivity contribution >= 4 is 6.09 Å². The minimum atomic E-state index is -0.523. The molecule has 22 heavy (non-hydrogen) atoms. The number of amides is 1. The van der Waals surface area contributed by atoms with Gasteiger partial charge in [0, 0.05) is 19.3 Å². The van der Waals surface area contributed by atoms with Crippen molar-refractivity contribution in [1.29, 1.82) is 0 Å². The summed E-state index contributed by atoms with van der Waals surface area (Å²) >= 11 is 0. The van der Waals surface area contributed by atoms with Crippen LogP contribution in [0.15, 0.2) is 31.0 Å². The lowest BCUT2D eigenvalue weighted by atomic mass is 10.0. The normalized spacial score (nSPS) is 20.0. The van der Waals surface area contributed by atoms with Gasteiger partial charge in [0.15, 0.2) is 0 Å². The van der Waals surface area contributed by atoms with Crippen LogP contribution in [0.3, 0.4) is 0 Å². The molecule has 0 saturated carbocycles. The second-order valence-corrected chi connectivity index (χ2v) is 6.49. The third-order valence-electron chi connectivity index (χ3n) is 3.45. The van der Waals surface area contributed by atoms with Crippen LogP contribution in [-0.4, -0.2) is 40.8 Å². The van der Waals surface area contributed by atoms with Gasteiger partial charge in [-0.1, -0.05) is 6.08 Å². The maximum Gasteiger partial charge on any atom is 0.410 e. The summed E-state index contributed by atoms with van der Waals surface area (Å²) < 4.78 is 11.3. The fourth-order valence-corrected chi connectivity index (χ4v) is 2.46. The maximum atomic E-state index is 12.3. The number of hydrogen-bond donors (Lipinski definition) is 0. The van der Waals surface area contributed by atoms with Crippen LogP contribution < -0.4 is 4.74 Å². The van der Waals surface area contributed by atoms with E-state index < -0.39 is 5.60 Å². The Kier molecular flexibility index (Phi) is 4.74. The molecule has 0 spiro atoms. The van der Waals surface area contributed by atoms with Gasteiger partial charge in [-0.05, 0) is 39.8 Å². The molecular formula is C17H24N2O3. The molecule has 1 aliphatic rings. The van der Waals surface area contributed by atoms with E-state index in [1.54, 1.807) is 17.2 Å². The number of carbonyl (C=O) groups excluding carboxylic acids is 1. The monoisotopic (exact) mass is 304 g/mol. The zero-order valence-corrected chi connectivity index (χ0v) is 13.7. The summed E-state index contributed by atoms with van der Waals surface area (Å²) in [4.78, 5) is 18.4. The molecule has 0 bridgehead atoms. The largest absolute Gasteiger partial charge is 0.488 e. The van der Waals surface area contributed by atoms with Crippen molar-refractivity contribution in [3.8, 4) is 5.75 Å². The van der Waals surface area contributed by atoms with Crippen molar-refractivity contribution in [2.24, 2.45) is 0 Å². The molecule has 2 rings (SSSR count). The van der Waals surface area contributed by atoms with Crippen LogP contribution >= 0.6 is 0 Å². The molecule has 0 unspecified atom stereocenters. The summed E-state index contributed by atoms with van der Waals surface area (Å²) in [5, 5.41) is 0. The van der Waals surface area contributed by atoms with Gasteiger partial charge in [-0.3, -0.25) is 4.98 Å². The average Bonchev–Trinajstić information content (AvgIpc) is 2.72. The summed E-state index contributed by atoms with van der Waals surface area (Å²) in [6.07, 6.45) is 3.08. The van der Waals surface area contributed by atoms with E-state index in [-0.39, 0.29) is 18.1 Å². The van der Waals surface area contributed by atoms with Gasteiger partial charge in [0.1, 0.15) is 17.5 Å². The van der Waals surface area contributed by atoms with Gasteiger partial charge in [0.25, 0.3) is 0 Å². The van der Waals surface area contributed by atoms with Gasteiger partial charge in [0.05, 0.1) is 11.6 Å². The van der Waals surface area contributed by atoms with Gasteiger partial charge >= 0.3 is 6.09 Å². The Balaban J connectivity index is 2.14. The molecule has 1 aliphatic heterocycles. The molecule has 2 heterocycles. The first-order chi connectivity index (χ1) is 10.3. The number of aromatic nitrogens is 1. The zero-order valence-electron chi connectivity index (χ0n) is 13.7. The number of pyridine rings is 1. The summed E-state index contributed by atoms with van der Waals surface area (Å²) in [5.41, 5.74) is 0.373. The second kappa shape index (κ2) is 6.38. The first-order valence-corrected chi connectivity index (χ1v) is 7.52. The highest BCUT2D eigenvalue weighted by atomic mass is 16.6. The average molecular weight is 304 g/mol. The van der Waals surface area contributed by atoms with Crippen LogP contribution in [-0.2, 0) is 4.74 Å². The molecular weight excluding hydrogens is 280 g/mol. The lowest BCUT2D eigenvalue weighted by Gasteiger charge is -2.29. The van der Waals surface area contributed by atoms with Crippen molar-refractivity contribution in [2.45, 2.75) is 45.3 Å². The highest BCUT2D eigenvalue weighted by Crippen LogP contribution is 2.36. The Hall–Kier alpha value is -2.04. The van der Waals surface area contributed by atoms with Crippen molar-refractivity contribution in [3.05, 3.63) is 36.7 Å². The lowest BCUT2D eigenvalue weighted by molar-refractivity contribution is 0.0246. The number of carbonyl (C=O) groups is 1. The van der Waals surface area contributed by atoms with Crippen LogP contribution in [0.2, 0.25) is 0 Å². The third kappa shape index (κ3) is 3.78. The Morgan fingerprint density at radius 1 is 1.55 bits per heavy atom. The third-order valence-corrected chi connectivity index (χ3v) is 3.45. The van der Waals surface area contributed by atoms with E-state index in [2.05, 4.69) is 11.6 Å². The van der Waals surface area contributed by atoms with Crippen molar-refractivity contribution in [2.75, 3.05) is 13.1 Å². The SMILES string of the molecule is C=CCN(C[C@H]1c2ncccc2O[C@@H]1C)C(=O)OC(C)(C)C. The molecule has 0 saturated heterocycles. The fourth-order valence-electron chi connectivity index (χ4n) is 2.46. The predicted octanol–water partition coefficient (Wildman–Crippen LogP) is 3.37. The fraction of sp³-hybridized carbons (Fsp3) is 0.529. The molecule has 120 valence electrons. The molecule has 5 heteroatoms. The van der Waals surface area contributed by atoms with E-state index in [4.69, 9.17) is 9.47 Å². The van der Waals surface area contributed by atoms with Gasteiger partial charge in [-0.15, -0.1) is 6.58 Å². The summed E-state index contributed by atoms with van der Waals surface area (Å²) in [7, 11) is 0. The maximum absolute atomic E-state index is 12.3. The van der Waals surface area contributed by atoms with Crippen LogP contribution in [0, 0.1) is 0 Å². The highest BCUT2D eigenvalue weighted by Gasteiger charge is 2.35. The van der Waals surface area contributed by atoms with Crippen molar-refractivity contribution in [3.63, 3.8) is 0 Å². The molecule has 0 aliphatic carbocycles. The first-order valence-electron chi connectivity index (χ1n) is 7.52. The van der Waals surface area contributed by atoms with E-state index in [0.29, 0.717) is 13.1 Å². The molecule has 0 aromatic carbocycles. The van der Waals surface area contributed by atoms with E-state index in [1.165, 1.54) is 0 Å². The molecule has 0 N–H and O–H groups in total. The smallest absolute Gasteiger partial charge is 0.410 e. The van der Waals surface area contributed by atoms with Gasteiger partial charge < -0.3 is 14.4 Å². The van der Waals surface area contributed by atoms with Crippen molar-refractivity contribution in [1.82, 2.24) is 9.88 Å². The van der Waals surface area contributed by atoms with Crippen LogP contribution in [0.5, 0.6) is 5.75 Å². The minimum Gasteiger partial charge on any atom is -0.488 e. The van der Waals surface area contributed by atoms with E-state index >= 15 is 0 Å². The van der Waals surface area contributed by atoms with Crippen LogP contribution in [0.1, 0.15) is 39.3 Å². The lowest BCUT2D eigenvalue weighted by Crippen LogP contribution is -2.40. The summed E-state index contributed by atoms with van der Waals surface area (Å²) in [6, 6.07) is 3.76. The number of ether oxygens (including phenoxy) is 2. The molecule has 2 atom stereocenters. The topological polar surface area (TPSA) is 51.7 Å². The molecule has 0 radical (unpaired) electrons. The van der Waals surface area contributed by atoms with Crippen molar-refractivity contribution < 1.29 is 14.3 Å². The minimum absolute atomic E-state index is 0.0281. The number of rotatable bonds is 4. The Labute approximate surface area is 131 Å². The highest BCUT2D eigenvalue weighted by molar-refractivity contribution is 5.68. The quantitative estimate of drug-likeness (QED) is 0.800. The number of hydrogen-bond acceptors (Lipinski definition) is 4. The zero-order chi connectivity index (χ0) is 16.3. The molecule has 1 amide bonds. The van der Waals surface area contributed by atoms with E-state index in [1.807, 2.05) is 39.8 Å². The van der Waals surface area contributed by atoms with Crippen LogP contribution in [0.25, 0.3) is 0 Å². The Morgan fingerprint density at radius 3 is 2.91 bits per heavy atom. The van der Waals surface area contributed by atoms with Crippen LogP contribution in [0.4, 0.5) is 4.79 Å². The molecule has 1 aromatic rings. The Bertz CT molecular complexity index is 551. The summed E-state index contributed by atoms with van der Waals surface area (Å²) in [5.74, 6) is 0.825. The predicted molar refractivity (Wildman–Crippen MR) is 85.1 cm³/mol. The summed E-state index contributed by atoms with van der Waals surface area (Å²) in [6.45, 7) is 12.2. The number of fused-ring (bicyclic) bond motifs is 1. The van der Waals surface area contributed by atoms with Gasteiger partial charge in [-0.2, -0.15) is 0 Å². The second-order valence-electron chi connectivity index (χ2n) is 6.49. The standard InChI is InChI=1S/C17H24N2O3/c1-6-10-19(16(20)22-17(3,4)5)11-13-12(2)21-14-8-7-9-18-15(13)14/h6-9,12-13H,1,10-11H2,2-5H3/t12-,13-/m1/s1. The molecule has 0 fully saturated rings. The van der Waals surface area contributed by atoms with E-state index in [0.717, 1.165) is 11.4 Å². The Morgan fingerprint density at radius 2 is 2.27 bits per heavy atom. The molecule has 1 aromatic heterocycles. The van der Waals surface area contributed by atoms with E-state index in [9.17, 15) is 4.79 Å².